The minimum atomic E-state index is 0.315. The number of fused-ring (bicyclic) bond motifs is 1. The number of hydrogen-bond donors (Lipinski definition) is 1. The Morgan fingerprint density at radius 3 is 2.80 bits per heavy atom. The first-order chi connectivity index (χ1) is 7.02. The molecule has 0 unspecified atom stereocenters. The topological polar surface area (TPSA) is 45.8 Å². The van der Waals surface area contributed by atoms with Gasteiger partial charge in [0.2, 0.25) is 0 Å². The Morgan fingerprint density at radius 1 is 1.47 bits per heavy atom. The molecule has 82 valence electrons. The van der Waals surface area contributed by atoms with Gasteiger partial charge in [0.15, 0.2) is 6.29 Å². The van der Waals surface area contributed by atoms with E-state index in [0.29, 0.717) is 17.0 Å². The van der Waals surface area contributed by atoms with Crippen LogP contribution in [0, 0.1) is 11.3 Å². The van der Waals surface area contributed by atoms with Gasteiger partial charge in [0, 0.05) is 11.3 Å². The molecule has 0 amide bonds. The van der Waals surface area contributed by atoms with Gasteiger partial charge in [-0.25, -0.2) is 0 Å². The summed E-state index contributed by atoms with van der Waals surface area (Å²) in [6.07, 6.45) is 4.07. The van der Waals surface area contributed by atoms with Crippen molar-refractivity contribution in [2.45, 2.75) is 40.0 Å². The van der Waals surface area contributed by atoms with E-state index in [9.17, 15) is 4.79 Å². The average Bonchev–Trinajstić information content (AvgIpc) is 2.57. The maximum absolute atomic E-state index is 10.8. The largest absolute Gasteiger partial charge is 0.296 e. The van der Waals surface area contributed by atoms with Crippen LogP contribution in [0.15, 0.2) is 0 Å². The number of rotatable bonds is 1. The molecule has 1 aliphatic rings. The van der Waals surface area contributed by atoms with Gasteiger partial charge in [-0.05, 0) is 30.6 Å². The lowest BCUT2D eigenvalue weighted by atomic mass is 9.71. The monoisotopic (exact) mass is 206 g/mol. The predicted molar refractivity (Wildman–Crippen MR) is 58.9 cm³/mol. The van der Waals surface area contributed by atoms with Gasteiger partial charge < -0.3 is 0 Å². The first-order valence-corrected chi connectivity index (χ1v) is 5.53. The molecule has 1 aliphatic carbocycles. The number of hydrogen-bond acceptors (Lipinski definition) is 2. The van der Waals surface area contributed by atoms with E-state index in [4.69, 9.17) is 0 Å². The van der Waals surface area contributed by atoms with E-state index in [1.807, 2.05) is 0 Å². The second-order valence-electron chi connectivity index (χ2n) is 5.49. The molecule has 0 saturated heterocycles. The lowest BCUT2D eigenvalue weighted by Gasteiger charge is -2.33. The summed E-state index contributed by atoms with van der Waals surface area (Å²) in [4.78, 5) is 10.8. The van der Waals surface area contributed by atoms with Crippen LogP contribution in [-0.2, 0) is 12.8 Å². The highest BCUT2D eigenvalue weighted by molar-refractivity contribution is 5.74. The number of aromatic nitrogens is 2. The fourth-order valence-electron chi connectivity index (χ4n) is 2.36. The second-order valence-corrected chi connectivity index (χ2v) is 5.49. The van der Waals surface area contributed by atoms with E-state index in [-0.39, 0.29) is 0 Å². The summed E-state index contributed by atoms with van der Waals surface area (Å²) < 4.78 is 0. The molecule has 1 aromatic heterocycles. The highest BCUT2D eigenvalue weighted by atomic mass is 16.1. The first kappa shape index (κ1) is 10.4. The fraction of sp³-hybridized carbons (Fsp3) is 0.667. The van der Waals surface area contributed by atoms with Gasteiger partial charge in [-0.1, -0.05) is 20.8 Å². The molecule has 0 radical (unpaired) electrons. The van der Waals surface area contributed by atoms with Crippen LogP contribution in [0.5, 0.6) is 0 Å². The molecule has 15 heavy (non-hydrogen) atoms. The van der Waals surface area contributed by atoms with E-state index >= 15 is 0 Å². The highest BCUT2D eigenvalue weighted by Gasteiger charge is 2.30. The number of aryl methyl sites for hydroxylation is 1. The molecule has 3 nitrogen and oxygen atoms in total. The molecule has 1 heterocycles. The third kappa shape index (κ3) is 1.83. The van der Waals surface area contributed by atoms with Gasteiger partial charge >= 0.3 is 0 Å². The minimum Gasteiger partial charge on any atom is -0.296 e. The van der Waals surface area contributed by atoms with Crippen molar-refractivity contribution >= 4 is 6.29 Å². The molecule has 0 fully saturated rings. The van der Waals surface area contributed by atoms with Crippen LogP contribution in [0.2, 0.25) is 0 Å². The van der Waals surface area contributed by atoms with Gasteiger partial charge in [-0.2, -0.15) is 5.10 Å². The second kappa shape index (κ2) is 3.47. The zero-order chi connectivity index (χ0) is 11.1. The number of nitrogens with zero attached hydrogens (tertiary/aromatic N) is 1. The molecule has 0 bridgehead atoms. The third-order valence-electron chi connectivity index (χ3n) is 3.51. The number of H-pyrrole nitrogens is 1. The Kier molecular flexibility index (Phi) is 2.41. The van der Waals surface area contributed by atoms with Crippen molar-refractivity contribution in [3.05, 3.63) is 17.0 Å². The van der Waals surface area contributed by atoms with E-state index in [1.165, 1.54) is 6.42 Å². The summed E-state index contributed by atoms with van der Waals surface area (Å²) >= 11 is 0. The lowest BCUT2D eigenvalue weighted by Crippen LogP contribution is -2.27. The Labute approximate surface area is 90.3 Å². The summed E-state index contributed by atoms with van der Waals surface area (Å²) in [6.45, 7) is 6.80. The minimum absolute atomic E-state index is 0.315. The number of aromatic amines is 1. The van der Waals surface area contributed by atoms with Gasteiger partial charge in [-0.3, -0.25) is 9.89 Å². The maximum atomic E-state index is 10.8. The molecular formula is C12H18N2O. The molecule has 0 aliphatic heterocycles. The highest BCUT2D eigenvalue weighted by Crippen LogP contribution is 2.37. The van der Waals surface area contributed by atoms with E-state index in [1.54, 1.807) is 0 Å². The smallest absolute Gasteiger partial charge is 0.170 e. The van der Waals surface area contributed by atoms with Gasteiger partial charge in [0.1, 0.15) is 5.69 Å². The summed E-state index contributed by atoms with van der Waals surface area (Å²) in [5, 5.41) is 7.01. The quantitative estimate of drug-likeness (QED) is 0.717. The van der Waals surface area contributed by atoms with Crippen LogP contribution >= 0.6 is 0 Å². The summed E-state index contributed by atoms with van der Waals surface area (Å²) in [5.41, 5.74) is 3.24. The third-order valence-corrected chi connectivity index (χ3v) is 3.51. The molecule has 1 N–H and O–H groups in total. The van der Waals surface area contributed by atoms with E-state index in [0.717, 1.165) is 30.4 Å². The lowest BCUT2D eigenvalue weighted by molar-refractivity contribution is 0.111. The van der Waals surface area contributed by atoms with Crippen LogP contribution in [0.1, 0.15) is 48.9 Å². The van der Waals surface area contributed by atoms with Crippen LogP contribution < -0.4 is 0 Å². The number of nitrogens with one attached hydrogen (secondary N) is 1. The standard InChI is InChI=1S/C12H18N2O/c1-12(2,3)8-4-5-10-9(6-8)11(7-15)14-13-10/h7-8H,4-6H2,1-3H3,(H,13,14)/t8-/m0/s1. The number of carbonyl (C=O) groups excluding carboxylic acids is 1. The summed E-state index contributed by atoms with van der Waals surface area (Å²) in [7, 11) is 0. The molecule has 1 atom stereocenters. The van der Waals surface area contributed by atoms with Crippen molar-refractivity contribution in [2.75, 3.05) is 0 Å². The molecule has 0 aromatic carbocycles. The summed E-state index contributed by atoms with van der Waals surface area (Å²) in [5.74, 6) is 0.654. The number of aldehydes is 1. The predicted octanol–water partition coefficient (Wildman–Crippen LogP) is 2.37. The average molecular weight is 206 g/mol. The molecule has 2 rings (SSSR count). The van der Waals surface area contributed by atoms with Gasteiger partial charge in [-0.15, -0.1) is 0 Å². The van der Waals surface area contributed by atoms with Crippen molar-refractivity contribution in [1.82, 2.24) is 10.2 Å². The molecule has 1 aromatic rings. The molecule has 3 heteroatoms. The Bertz CT molecular complexity index is 373. The Morgan fingerprint density at radius 2 is 2.20 bits per heavy atom. The van der Waals surface area contributed by atoms with Crippen molar-refractivity contribution in [1.29, 1.82) is 0 Å². The van der Waals surface area contributed by atoms with E-state index in [2.05, 4.69) is 31.0 Å². The molecule has 0 spiro atoms. The van der Waals surface area contributed by atoms with Crippen LogP contribution in [-0.4, -0.2) is 16.5 Å². The molecular weight excluding hydrogens is 188 g/mol. The zero-order valence-corrected chi connectivity index (χ0v) is 9.63. The molecule has 0 saturated carbocycles. The van der Waals surface area contributed by atoms with Gasteiger partial charge in [0.25, 0.3) is 0 Å². The number of carbonyl (C=O) groups is 1. The zero-order valence-electron chi connectivity index (χ0n) is 9.63. The van der Waals surface area contributed by atoms with Crippen molar-refractivity contribution in [3.63, 3.8) is 0 Å². The maximum Gasteiger partial charge on any atom is 0.170 e. The first-order valence-electron chi connectivity index (χ1n) is 5.53. The van der Waals surface area contributed by atoms with E-state index < -0.39 is 0 Å². The normalized spacial score (nSPS) is 21.1. The fourth-order valence-corrected chi connectivity index (χ4v) is 2.36. The SMILES string of the molecule is CC(C)(C)[C@H]1CCc2[nH]nc(C=O)c2C1. The van der Waals surface area contributed by atoms with Crippen molar-refractivity contribution < 1.29 is 4.79 Å². The van der Waals surface area contributed by atoms with Crippen molar-refractivity contribution in [2.24, 2.45) is 11.3 Å². The summed E-state index contributed by atoms with van der Waals surface area (Å²) in [6, 6.07) is 0. The Hall–Kier alpha value is -1.12. The van der Waals surface area contributed by atoms with Gasteiger partial charge in [0.05, 0.1) is 0 Å². The van der Waals surface area contributed by atoms with Crippen LogP contribution in [0.25, 0.3) is 0 Å². The van der Waals surface area contributed by atoms with Crippen LogP contribution in [0.4, 0.5) is 0 Å². The van der Waals surface area contributed by atoms with Crippen molar-refractivity contribution in [3.8, 4) is 0 Å². The van der Waals surface area contributed by atoms with Crippen LogP contribution in [0.3, 0.4) is 0 Å². The Balaban J connectivity index is 2.28.